The molecule has 0 spiro atoms. The van der Waals surface area contributed by atoms with Crippen LogP contribution in [0.1, 0.15) is 57.3 Å². The van der Waals surface area contributed by atoms with Gasteiger partial charge in [0.2, 0.25) is 0 Å². The number of hydrogen-bond acceptors (Lipinski definition) is 5. The van der Waals surface area contributed by atoms with E-state index in [4.69, 9.17) is 4.74 Å². The Kier molecular flexibility index (Phi) is 6.28. The number of rotatable bonds is 8. The van der Waals surface area contributed by atoms with Gasteiger partial charge in [-0.3, -0.25) is 9.59 Å². The summed E-state index contributed by atoms with van der Waals surface area (Å²) in [5, 5.41) is 13.2. The van der Waals surface area contributed by atoms with Gasteiger partial charge in [-0.2, -0.15) is 0 Å². The molecule has 3 rings (SSSR count). The highest BCUT2D eigenvalue weighted by atomic mass is 32.1. The van der Waals surface area contributed by atoms with Crippen molar-refractivity contribution in [3.05, 3.63) is 52.2 Å². The largest absolute Gasteiger partial charge is 0.486 e. The summed E-state index contributed by atoms with van der Waals surface area (Å²) >= 11 is 1.55. The number of fused-ring (bicyclic) bond motifs is 1. The number of thiazole rings is 1. The van der Waals surface area contributed by atoms with E-state index < -0.39 is 16.8 Å². The lowest BCUT2D eigenvalue weighted by atomic mass is 9.62. The summed E-state index contributed by atoms with van der Waals surface area (Å²) in [6.45, 7) is 11.4. The molecule has 0 fully saturated rings. The number of pyridine rings is 1. The molecular formula is C24H30N2O4S. The second kappa shape index (κ2) is 8.46. The smallest absolute Gasteiger partial charge is 0.322 e. The van der Waals surface area contributed by atoms with Crippen LogP contribution in [0.25, 0.3) is 5.52 Å². The number of ether oxygens (including phenoxy) is 1. The first-order chi connectivity index (χ1) is 14.5. The molecule has 6 nitrogen and oxygen atoms in total. The summed E-state index contributed by atoms with van der Waals surface area (Å²) in [6.07, 6.45) is 4.15. The first-order valence-electron chi connectivity index (χ1n) is 10.4. The number of aromatic nitrogens is 2. The van der Waals surface area contributed by atoms with Crippen molar-refractivity contribution in [3.63, 3.8) is 0 Å². The van der Waals surface area contributed by atoms with Crippen molar-refractivity contribution in [2.75, 3.05) is 0 Å². The van der Waals surface area contributed by atoms with Gasteiger partial charge in [0.15, 0.2) is 11.2 Å². The number of carbonyl (C=O) groups excluding carboxylic acids is 1. The van der Waals surface area contributed by atoms with Crippen LogP contribution in [0.4, 0.5) is 0 Å². The fourth-order valence-corrected chi connectivity index (χ4v) is 4.66. The van der Waals surface area contributed by atoms with Gasteiger partial charge < -0.3 is 14.2 Å². The molecule has 1 N–H and O–H groups in total. The highest BCUT2D eigenvalue weighted by Gasteiger charge is 2.55. The zero-order chi connectivity index (χ0) is 23.0. The molecule has 0 saturated carbocycles. The van der Waals surface area contributed by atoms with Crippen molar-refractivity contribution in [2.45, 2.75) is 60.0 Å². The minimum Gasteiger partial charge on any atom is -0.486 e. The van der Waals surface area contributed by atoms with Crippen LogP contribution in [0.2, 0.25) is 0 Å². The van der Waals surface area contributed by atoms with Crippen molar-refractivity contribution >= 4 is 28.6 Å². The summed E-state index contributed by atoms with van der Waals surface area (Å²) in [5.74, 6) is -1.09. The molecule has 0 radical (unpaired) electrons. The van der Waals surface area contributed by atoms with E-state index in [1.165, 1.54) is 0 Å². The first kappa shape index (κ1) is 23.0. The van der Waals surface area contributed by atoms with Crippen LogP contribution in [0.3, 0.4) is 0 Å². The summed E-state index contributed by atoms with van der Waals surface area (Å²) in [4.78, 5) is 30.6. The summed E-state index contributed by atoms with van der Waals surface area (Å²) < 4.78 is 7.72. The summed E-state index contributed by atoms with van der Waals surface area (Å²) in [5.41, 5.74) is -0.164. The van der Waals surface area contributed by atoms with Crippen LogP contribution in [-0.4, -0.2) is 26.2 Å². The number of hydrogen-bond donors (Lipinski definition) is 1. The molecule has 0 aliphatic heterocycles. The number of nitrogens with zero attached hydrogens (tertiary/aromatic N) is 2. The van der Waals surface area contributed by atoms with Crippen molar-refractivity contribution in [2.24, 2.45) is 11.3 Å². The third-order valence-electron chi connectivity index (χ3n) is 5.78. The highest BCUT2D eigenvalue weighted by Crippen LogP contribution is 2.42. The molecule has 0 saturated heterocycles. The third kappa shape index (κ3) is 4.24. The molecule has 2 atom stereocenters. The van der Waals surface area contributed by atoms with Gasteiger partial charge >= 0.3 is 5.97 Å². The average Bonchev–Trinajstić information content (AvgIpc) is 3.31. The molecule has 2 unspecified atom stereocenters. The van der Waals surface area contributed by atoms with Gasteiger partial charge in [-0.15, -0.1) is 11.3 Å². The number of carbonyl (C=O) groups is 2. The van der Waals surface area contributed by atoms with Gasteiger partial charge in [-0.1, -0.05) is 41.0 Å². The van der Waals surface area contributed by atoms with Gasteiger partial charge in [0.25, 0.3) is 0 Å². The van der Waals surface area contributed by atoms with Gasteiger partial charge in [-0.25, -0.2) is 4.98 Å². The molecule has 3 aromatic rings. The third-order valence-corrected chi connectivity index (χ3v) is 6.72. The van der Waals surface area contributed by atoms with E-state index in [1.807, 2.05) is 48.9 Å². The van der Waals surface area contributed by atoms with Gasteiger partial charge in [-0.05, 0) is 30.5 Å². The predicted molar refractivity (Wildman–Crippen MR) is 122 cm³/mol. The van der Waals surface area contributed by atoms with E-state index >= 15 is 0 Å². The zero-order valence-electron chi connectivity index (χ0n) is 18.9. The van der Waals surface area contributed by atoms with E-state index in [-0.39, 0.29) is 11.7 Å². The molecule has 0 aromatic carbocycles. The fraction of sp³-hybridized carbons (Fsp3) is 0.458. The second-order valence-electron chi connectivity index (χ2n) is 9.10. The molecule has 3 aromatic heterocycles. The van der Waals surface area contributed by atoms with Crippen LogP contribution < -0.4 is 4.74 Å². The Labute approximate surface area is 186 Å². The number of Topliss-reactive ketones (excluding diaryl/α,β-unsaturated/α-hetero) is 1. The Morgan fingerprint density at radius 1 is 1.29 bits per heavy atom. The minimum atomic E-state index is -1.61. The molecule has 0 amide bonds. The maximum Gasteiger partial charge on any atom is 0.322 e. The van der Waals surface area contributed by atoms with Crippen LogP contribution in [-0.2, 0) is 21.6 Å². The lowest BCUT2D eigenvalue weighted by Gasteiger charge is -2.37. The molecule has 0 aliphatic carbocycles. The standard InChI is InChI=1S/C24H30N2O4S/c1-7-15(2)24(22(28)29,21(27)23(4,5)6)17-10-18-11-19(8-9-26(18)12-17)30-13-20-25-16(3)14-31-20/h8-12,14-15H,7,13H2,1-6H3,(H,28,29). The Morgan fingerprint density at radius 3 is 2.55 bits per heavy atom. The Hall–Kier alpha value is -2.67. The highest BCUT2D eigenvalue weighted by molar-refractivity contribution is 7.09. The number of ketones is 1. The van der Waals surface area contributed by atoms with E-state index in [9.17, 15) is 14.7 Å². The second-order valence-corrected chi connectivity index (χ2v) is 10.0. The molecular weight excluding hydrogens is 412 g/mol. The topological polar surface area (TPSA) is 80.9 Å². The van der Waals surface area contributed by atoms with Gasteiger partial charge in [0.05, 0.1) is 0 Å². The van der Waals surface area contributed by atoms with E-state index in [2.05, 4.69) is 4.98 Å². The molecule has 31 heavy (non-hydrogen) atoms. The molecule has 166 valence electrons. The molecule has 0 aliphatic rings. The SMILES string of the molecule is CCC(C)C(C(=O)O)(C(=O)C(C)(C)C)c1cc2cc(OCc3nc(C)cs3)ccn2c1. The quantitative estimate of drug-likeness (QED) is 0.481. The molecule has 7 heteroatoms. The first-order valence-corrected chi connectivity index (χ1v) is 11.3. The van der Waals surface area contributed by atoms with E-state index in [1.54, 1.807) is 44.4 Å². The van der Waals surface area contributed by atoms with Crippen molar-refractivity contribution in [1.29, 1.82) is 0 Å². The number of aliphatic carboxylic acids is 1. The van der Waals surface area contributed by atoms with Gasteiger partial charge in [0.1, 0.15) is 17.4 Å². The van der Waals surface area contributed by atoms with Crippen LogP contribution in [0, 0.1) is 18.3 Å². The summed E-state index contributed by atoms with van der Waals surface area (Å²) in [7, 11) is 0. The Bertz CT molecular complexity index is 1110. The molecule has 0 bridgehead atoms. The number of carboxylic acids is 1. The monoisotopic (exact) mass is 442 g/mol. The Balaban J connectivity index is 2.03. The molecule has 3 heterocycles. The fourth-order valence-electron chi connectivity index (χ4n) is 3.98. The number of aryl methyl sites for hydroxylation is 1. The minimum absolute atomic E-state index is 0.284. The van der Waals surface area contributed by atoms with Crippen LogP contribution in [0.15, 0.2) is 36.0 Å². The zero-order valence-corrected chi connectivity index (χ0v) is 19.7. The predicted octanol–water partition coefficient (Wildman–Crippen LogP) is 5.27. The average molecular weight is 443 g/mol. The van der Waals surface area contributed by atoms with Crippen molar-refractivity contribution < 1.29 is 19.4 Å². The Morgan fingerprint density at radius 2 is 2.00 bits per heavy atom. The van der Waals surface area contributed by atoms with Crippen LogP contribution >= 0.6 is 11.3 Å². The van der Waals surface area contributed by atoms with Crippen molar-refractivity contribution in [3.8, 4) is 5.75 Å². The number of carboxylic acid groups (broad SMARTS) is 1. The summed E-state index contributed by atoms with van der Waals surface area (Å²) in [6, 6.07) is 5.48. The normalized spacial score (nSPS) is 14.9. The van der Waals surface area contributed by atoms with Gasteiger partial charge in [0, 0.05) is 40.5 Å². The van der Waals surface area contributed by atoms with E-state index in [0.29, 0.717) is 24.3 Å². The van der Waals surface area contributed by atoms with Crippen LogP contribution in [0.5, 0.6) is 5.75 Å². The lowest BCUT2D eigenvalue weighted by Crippen LogP contribution is -2.53. The lowest BCUT2D eigenvalue weighted by molar-refractivity contribution is -0.155. The maximum atomic E-state index is 13.5. The van der Waals surface area contributed by atoms with Crippen molar-refractivity contribution in [1.82, 2.24) is 9.38 Å². The maximum absolute atomic E-state index is 13.5. The van der Waals surface area contributed by atoms with E-state index in [0.717, 1.165) is 16.2 Å².